The fraction of sp³-hybridized carbons (Fsp3) is 0. The third-order valence-electron chi connectivity index (χ3n) is 3.16. The number of aromatic nitrogens is 3. The fourth-order valence-corrected chi connectivity index (χ4v) is 3.25. The van der Waals surface area contributed by atoms with Crippen molar-refractivity contribution in [2.75, 3.05) is 4.72 Å². The molecule has 3 rings (SSSR count). The molecule has 0 aliphatic carbocycles. The van der Waals surface area contributed by atoms with Gasteiger partial charge in [-0.1, -0.05) is 11.6 Å². The summed E-state index contributed by atoms with van der Waals surface area (Å²) in [6.45, 7) is 0. The molecule has 25 heavy (non-hydrogen) atoms. The van der Waals surface area contributed by atoms with Gasteiger partial charge in [0.2, 0.25) is 0 Å². The zero-order valence-electron chi connectivity index (χ0n) is 12.4. The minimum Gasteiger partial charge on any atom is -0.278 e. The number of nitrogens with one attached hydrogen (secondary N) is 1. The number of hydrogen-bond acceptors (Lipinski definition) is 6. The molecule has 0 unspecified atom stereocenters. The second kappa shape index (κ2) is 6.49. The highest BCUT2D eigenvalue weighted by molar-refractivity contribution is 7.92. The third-order valence-corrected chi connectivity index (χ3v) is 4.86. The molecular formula is C14H10ClN5O4S. The summed E-state index contributed by atoms with van der Waals surface area (Å²) in [6.07, 6.45) is 4.60. The van der Waals surface area contributed by atoms with Gasteiger partial charge in [0.25, 0.3) is 15.7 Å². The maximum Gasteiger partial charge on any atom is 0.289 e. The largest absolute Gasteiger partial charge is 0.289 e. The maximum absolute atomic E-state index is 12.4. The summed E-state index contributed by atoms with van der Waals surface area (Å²) in [5, 5.41) is 14.8. The molecule has 1 aromatic carbocycles. The maximum atomic E-state index is 12.4. The van der Waals surface area contributed by atoms with Gasteiger partial charge in [-0.2, -0.15) is 5.10 Å². The summed E-state index contributed by atoms with van der Waals surface area (Å²) in [5.74, 6) is 0.509. The normalized spacial score (nSPS) is 11.2. The molecule has 0 atom stereocenters. The van der Waals surface area contributed by atoms with Crippen molar-refractivity contribution < 1.29 is 13.3 Å². The molecule has 11 heteroatoms. The fourth-order valence-electron chi connectivity index (χ4n) is 2.00. The van der Waals surface area contributed by atoms with Crippen molar-refractivity contribution in [3.8, 4) is 5.82 Å². The molecule has 0 fully saturated rings. The predicted molar refractivity (Wildman–Crippen MR) is 90.3 cm³/mol. The summed E-state index contributed by atoms with van der Waals surface area (Å²) in [4.78, 5) is 14.0. The monoisotopic (exact) mass is 379 g/mol. The summed E-state index contributed by atoms with van der Waals surface area (Å²) < 4.78 is 28.6. The SMILES string of the molecule is O=[N+]([O-])c1cc(S(=O)(=O)Nc2ccc(-n3cccn3)nc2)ccc1Cl. The smallest absolute Gasteiger partial charge is 0.278 e. The molecule has 0 aliphatic rings. The summed E-state index contributed by atoms with van der Waals surface area (Å²) in [6, 6.07) is 8.06. The van der Waals surface area contributed by atoms with E-state index in [0.29, 0.717) is 5.82 Å². The first kappa shape index (κ1) is 16.9. The van der Waals surface area contributed by atoms with Gasteiger partial charge in [-0.25, -0.2) is 18.1 Å². The van der Waals surface area contributed by atoms with E-state index in [0.717, 1.165) is 12.1 Å². The van der Waals surface area contributed by atoms with Crippen LogP contribution in [0, 0.1) is 10.1 Å². The zero-order chi connectivity index (χ0) is 18.0. The number of pyridine rings is 1. The van der Waals surface area contributed by atoms with E-state index in [4.69, 9.17) is 11.6 Å². The molecule has 0 radical (unpaired) electrons. The Balaban J connectivity index is 1.86. The Morgan fingerprint density at radius 2 is 2.04 bits per heavy atom. The first-order valence-corrected chi connectivity index (χ1v) is 8.66. The lowest BCUT2D eigenvalue weighted by atomic mass is 10.3. The second-order valence-electron chi connectivity index (χ2n) is 4.83. The van der Waals surface area contributed by atoms with Gasteiger partial charge in [0, 0.05) is 18.5 Å². The van der Waals surface area contributed by atoms with Gasteiger partial charge < -0.3 is 0 Å². The van der Waals surface area contributed by atoms with E-state index in [-0.39, 0.29) is 15.6 Å². The second-order valence-corrected chi connectivity index (χ2v) is 6.92. The Kier molecular flexibility index (Phi) is 4.38. The Hall–Kier alpha value is -2.98. The minimum atomic E-state index is -4.03. The molecule has 9 nitrogen and oxygen atoms in total. The molecule has 0 saturated heterocycles. The third kappa shape index (κ3) is 3.59. The van der Waals surface area contributed by atoms with Crippen molar-refractivity contribution in [1.29, 1.82) is 0 Å². The number of benzene rings is 1. The van der Waals surface area contributed by atoms with Crippen LogP contribution in [0.25, 0.3) is 5.82 Å². The topological polar surface area (TPSA) is 120 Å². The van der Waals surface area contributed by atoms with Crippen molar-refractivity contribution in [1.82, 2.24) is 14.8 Å². The molecule has 2 heterocycles. The first-order valence-electron chi connectivity index (χ1n) is 6.80. The lowest BCUT2D eigenvalue weighted by Gasteiger charge is -2.09. The molecule has 128 valence electrons. The zero-order valence-corrected chi connectivity index (χ0v) is 14.0. The van der Waals surface area contributed by atoms with E-state index in [1.165, 1.54) is 23.0 Å². The standard InChI is InChI=1S/C14H10ClN5O4S/c15-12-4-3-11(8-13(12)20(21)22)25(23,24)18-10-2-5-14(16-9-10)19-7-1-6-17-19/h1-9,18H. The number of nitro benzene ring substituents is 1. The van der Waals surface area contributed by atoms with Gasteiger partial charge in [0.1, 0.15) is 5.02 Å². The Morgan fingerprint density at radius 3 is 2.64 bits per heavy atom. The molecule has 0 amide bonds. The highest BCUT2D eigenvalue weighted by Crippen LogP contribution is 2.28. The van der Waals surface area contributed by atoms with Gasteiger partial charge >= 0.3 is 0 Å². The average molecular weight is 380 g/mol. The van der Waals surface area contributed by atoms with Gasteiger partial charge in [-0.05, 0) is 30.3 Å². The lowest BCUT2D eigenvalue weighted by molar-refractivity contribution is -0.384. The molecule has 0 bridgehead atoms. The van der Waals surface area contributed by atoms with E-state index in [2.05, 4.69) is 14.8 Å². The molecule has 0 saturated carbocycles. The number of nitrogens with zero attached hydrogens (tertiary/aromatic N) is 4. The highest BCUT2D eigenvalue weighted by atomic mass is 35.5. The number of nitro groups is 1. The Bertz CT molecular complexity index is 1020. The van der Waals surface area contributed by atoms with Gasteiger partial charge in [-0.15, -0.1) is 0 Å². The molecule has 2 aromatic heterocycles. The Labute approximate surface area is 147 Å². The van der Waals surface area contributed by atoms with Crippen LogP contribution in [0.2, 0.25) is 5.02 Å². The van der Waals surface area contributed by atoms with Crippen molar-refractivity contribution in [3.63, 3.8) is 0 Å². The molecule has 0 spiro atoms. The average Bonchev–Trinajstić information content (AvgIpc) is 3.09. The van der Waals surface area contributed by atoms with Crippen LogP contribution >= 0.6 is 11.6 Å². The van der Waals surface area contributed by atoms with Crippen molar-refractivity contribution >= 4 is 33.0 Å². The van der Waals surface area contributed by atoms with Crippen LogP contribution < -0.4 is 4.72 Å². The minimum absolute atomic E-state index is 0.144. The van der Waals surface area contributed by atoms with Gasteiger partial charge in [0.15, 0.2) is 5.82 Å². The Morgan fingerprint density at radius 1 is 1.24 bits per heavy atom. The number of hydrogen-bond donors (Lipinski definition) is 1. The van der Waals surface area contributed by atoms with Gasteiger partial charge in [0.05, 0.1) is 21.7 Å². The van der Waals surface area contributed by atoms with E-state index in [9.17, 15) is 18.5 Å². The van der Waals surface area contributed by atoms with E-state index in [1.54, 1.807) is 24.5 Å². The number of anilines is 1. The van der Waals surface area contributed by atoms with E-state index >= 15 is 0 Å². The van der Waals surface area contributed by atoms with Gasteiger partial charge in [-0.3, -0.25) is 14.8 Å². The summed E-state index contributed by atoms with van der Waals surface area (Å²) >= 11 is 5.69. The van der Waals surface area contributed by atoms with Crippen LogP contribution in [-0.4, -0.2) is 28.1 Å². The van der Waals surface area contributed by atoms with Crippen LogP contribution in [0.15, 0.2) is 59.9 Å². The highest BCUT2D eigenvalue weighted by Gasteiger charge is 2.21. The molecule has 1 N–H and O–H groups in total. The quantitative estimate of drug-likeness (QED) is 0.537. The van der Waals surface area contributed by atoms with Crippen LogP contribution in [0.3, 0.4) is 0 Å². The van der Waals surface area contributed by atoms with Crippen molar-refractivity contribution in [3.05, 3.63) is 70.1 Å². The molecule has 0 aliphatic heterocycles. The van der Waals surface area contributed by atoms with Crippen LogP contribution in [0.5, 0.6) is 0 Å². The van der Waals surface area contributed by atoms with Crippen molar-refractivity contribution in [2.24, 2.45) is 0 Å². The van der Waals surface area contributed by atoms with Crippen LogP contribution in [-0.2, 0) is 10.0 Å². The first-order chi connectivity index (χ1) is 11.9. The molecular weight excluding hydrogens is 370 g/mol. The van der Waals surface area contributed by atoms with Crippen LogP contribution in [0.4, 0.5) is 11.4 Å². The lowest BCUT2D eigenvalue weighted by Crippen LogP contribution is -2.13. The van der Waals surface area contributed by atoms with E-state index < -0.39 is 20.6 Å². The molecule has 3 aromatic rings. The number of rotatable bonds is 5. The predicted octanol–water partition coefficient (Wildman–Crippen LogP) is 2.63. The van der Waals surface area contributed by atoms with E-state index in [1.807, 2.05) is 0 Å². The van der Waals surface area contributed by atoms with Crippen molar-refractivity contribution in [2.45, 2.75) is 4.90 Å². The summed E-state index contributed by atoms with van der Waals surface area (Å²) in [7, 11) is -4.03. The summed E-state index contributed by atoms with van der Waals surface area (Å²) in [5.41, 5.74) is -0.287. The number of sulfonamides is 1. The van der Waals surface area contributed by atoms with Crippen LogP contribution in [0.1, 0.15) is 0 Å². The number of halogens is 1.